The minimum absolute atomic E-state index is 0.00331. The maximum atomic E-state index is 12.8. The first-order chi connectivity index (χ1) is 13.9. The van der Waals surface area contributed by atoms with Gasteiger partial charge in [-0.15, -0.1) is 0 Å². The molecule has 7 nitrogen and oxygen atoms in total. The van der Waals surface area contributed by atoms with Crippen molar-refractivity contribution in [1.82, 2.24) is 15.2 Å². The molecule has 0 saturated carbocycles. The topological polar surface area (TPSA) is 95.6 Å². The minimum atomic E-state index is -3.64. The van der Waals surface area contributed by atoms with Gasteiger partial charge in [-0.05, 0) is 42.7 Å². The van der Waals surface area contributed by atoms with Gasteiger partial charge in [0, 0.05) is 23.7 Å². The molecule has 0 spiro atoms. The van der Waals surface area contributed by atoms with Crippen LogP contribution in [-0.4, -0.2) is 37.6 Å². The standard InChI is InChI=1S/C20H22ClN3O4S/c21-18-10-3-2-7-15(18)14-19(25)22-23-20(26)16-8-6-9-17(13-16)29(27,28)24-11-4-1-5-12-24/h2-3,6-10,13H,1,4-5,11-12,14H2,(H,22,25)(H,23,26). The summed E-state index contributed by atoms with van der Waals surface area (Å²) in [5.74, 6) is -1.04. The summed E-state index contributed by atoms with van der Waals surface area (Å²) >= 11 is 6.02. The zero-order chi connectivity index (χ0) is 20.9. The predicted octanol–water partition coefficient (Wildman–Crippen LogP) is 2.52. The molecule has 0 atom stereocenters. The summed E-state index contributed by atoms with van der Waals surface area (Å²) in [6.07, 6.45) is 2.68. The number of hydrogen-bond donors (Lipinski definition) is 2. The van der Waals surface area contributed by atoms with Gasteiger partial charge in [-0.1, -0.05) is 42.3 Å². The molecule has 3 rings (SSSR count). The van der Waals surface area contributed by atoms with Crippen molar-refractivity contribution in [3.05, 3.63) is 64.7 Å². The fourth-order valence-corrected chi connectivity index (χ4v) is 4.88. The van der Waals surface area contributed by atoms with Gasteiger partial charge in [-0.2, -0.15) is 4.31 Å². The van der Waals surface area contributed by atoms with E-state index in [9.17, 15) is 18.0 Å². The molecule has 2 amide bonds. The number of nitrogens with zero attached hydrogens (tertiary/aromatic N) is 1. The number of halogens is 1. The summed E-state index contributed by atoms with van der Waals surface area (Å²) in [6, 6.07) is 12.7. The van der Waals surface area contributed by atoms with Gasteiger partial charge >= 0.3 is 0 Å². The van der Waals surface area contributed by atoms with Gasteiger partial charge in [0.15, 0.2) is 0 Å². The van der Waals surface area contributed by atoms with Crippen LogP contribution in [-0.2, 0) is 21.2 Å². The number of hydrogen-bond acceptors (Lipinski definition) is 4. The molecule has 1 fully saturated rings. The molecule has 0 unspecified atom stereocenters. The third kappa shape index (κ3) is 5.35. The molecule has 154 valence electrons. The molecule has 1 heterocycles. The van der Waals surface area contributed by atoms with E-state index in [1.807, 2.05) is 0 Å². The molecule has 9 heteroatoms. The molecule has 2 N–H and O–H groups in total. The Hall–Kier alpha value is -2.42. The van der Waals surface area contributed by atoms with Crippen LogP contribution in [0, 0.1) is 0 Å². The number of sulfonamides is 1. The van der Waals surface area contributed by atoms with Gasteiger partial charge in [-0.3, -0.25) is 20.4 Å². The predicted molar refractivity (Wildman–Crippen MR) is 110 cm³/mol. The Morgan fingerprint density at radius 3 is 2.41 bits per heavy atom. The van der Waals surface area contributed by atoms with Crippen LogP contribution in [0.4, 0.5) is 0 Å². The highest BCUT2D eigenvalue weighted by Crippen LogP contribution is 2.21. The number of hydrazine groups is 1. The normalized spacial score (nSPS) is 14.9. The number of rotatable bonds is 5. The van der Waals surface area contributed by atoms with E-state index in [0.29, 0.717) is 23.7 Å². The van der Waals surface area contributed by atoms with Crippen molar-refractivity contribution in [2.45, 2.75) is 30.6 Å². The van der Waals surface area contributed by atoms with E-state index >= 15 is 0 Å². The summed E-state index contributed by atoms with van der Waals surface area (Å²) in [4.78, 5) is 24.5. The first-order valence-electron chi connectivity index (χ1n) is 9.31. The van der Waals surface area contributed by atoms with E-state index < -0.39 is 21.8 Å². The highest BCUT2D eigenvalue weighted by molar-refractivity contribution is 7.89. The molecule has 0 radical (unpaired) electrons. The highest BCUT2D eigenvalue weighted by Gasteiger charge is 2.26. The van der Waals surface area contributed by atoms with E-state index in [4.69, 9.17) is 11.6 Å². The van der Waals surface area contributed by atoms with Crippen LogP contribution in [0.5, 0.6) is 0 Å². The molecule has 0 aromatic heterocycles. The molecule has 1 aliphatic rings. The van der Waals surface area contributed by atoms with Crippen molar-refractivity contribution in [1.29, 1.82) is 0 Å². The lowest BCUT2D eigenvalue weighted by molar-refractivity contribution is -0.121. The second-order valence-corrected chi connectivity index (χ2v) is 9.11. The van der Waals surface area contributed by atoms with Gasteiger partial charge in [0.05, 0.1) is 11.3 Å². The molecule has 0 aliphatic carbocycles. The molecule has 1 saturated heterocycles. The average Bonchev–Trinajstić information content (AvgIpc) is 2.74. The summed E-state index contributed by atoms with van der Waals surface area (Å²) in [5, 5.41) is 0.463. The van der Waals surface area contributed by atoms with Crippen molar-refractivity contribution in [2.24, 2.45) is 0 Å². The fraction of sp³-hybridized carbons (Fsp3) is 0.300. The van der Waals surface area contributed by atoms with Crippen molar-refractivity contribution in [2.75, 3.05) is 13.1 Å². The number of amides is 2. The number of piperidine rings is 1. The number of carbonyl (C=O) groups excluding carboxylic acids is 2. The zero-order valence-electron chi connectivity index (χ0n) is 15.7. The Kier molecular flexibility index (Phi) is 6.89. The van der Waals surface area contributed by atoms with Crippen LogP contribution in [0.2, 0.25) is 5.02 Å². The van der Waals surface area contributed by atoms with E-state index in [2.05, 4.69) is 10.9 Å². The monoisotopic (exact) mass is 435 g/mol. The largest absolute Gasteiger partial charge is 0.273 e. The van der Waals surface area contributed by atoms with E-state index in [-0.39, 0.29) is 16.9 Å². The van der Waals surface area contributed by atoms with E-state index in [1.54, 1.807) is 24.3 Å². The van der Waals surface area contributed by atoms with Crippen LogP contribution < -0.4 is 10.9 Å². The maximum Gasteiger partial charge on any atom is 0.269 e. The minimum Gasteiger partial charge on any atom is -0.273 e. The van der Waals surface area contributed by atoms with Crippen molar-refractivity contribution < 1.29 is 18.0 Å². The van der Waals surface area contributed by atoms with Crippen LogP contribution in [0.3, 0.4) is 0 Å². The molecular weight excluding hydrogens is 414 g/mol. The Bertz CT molecular complexity index is 1000. The molecule has 0 bridgehead atoms. The zero-order valence-corrected chi connectivity index (χ0v) is 17.3. The SMILES string of the molecule is O=C(Cc1ccccc1Cl)NNC(=O)c1cccc(S(=O)(=O)N2CCCCC2)c1. The summed E-state index contributed by atoms with van der Waals surface area (Å²) in [7, 11) is -3.64. The molecule has 2 aromatic rings. The second kappa shape index (κ2) is 9.39. The lowest BCUT2D eigenvalue weighted by Gasteiger charge is -2.26. The quantitative estimate of drug-likeness (QED) is 0.705. The fourth-order valence-electron chi connectivity index (χ4n) is 3.11. The number of benzene rings is 2. The third-order valence-electron chi connectivity index (χ3n) is 4.67. The Balaban J connectivity index is 1.63. The number of carbonyl (C=O) groups is 2. The Labute approximate surface area is 175 Å². The van der Waals surface area contributed by atoms with E-state index in [1.165, 1.54) is 28.6 Å². The maximum absolute atomic E-state index is 12.8. The first kappa shape index (κ1) is 21.3. The van der Waals surface area contributed by atoms with Gasteiger partial charge in [0.25, 0.3) is 5.91 Å². The van der Waals surface area contributed by atoms with Crippen molar-refractivity contribution in [3.8, 4) is 0 Å². The second-order valence-electron chi connectivity index (χ2n) is 6.76. The van der Waals surface area contributed by atoms with Crippen LogP contribution in [0.1, 0.15) is 35.2 Å². The van der Waals surface area contributed by atoms with Gasteiger partial charge in [-0.25, -0.2) is 8.42 Å². The van der Waals surface area contributed by atoms with Crippen molar-refractivity contribution in [3.63, 3.8) is 0 Å². The summed E-state index contributed by atoms with van der Waals surface area (Å²) < 4.78 is 27.0. The molecule has 1 aliphatic heterocycles. The first-order valence-corrected chi connectivity index (χ1v) is 11.1. The lowest BCUT2D eigenvalue weighted by Crippen LogP contribution is -2.42. The highest BCUT2D eigenvalue weighted by atomic mass is 35.5. The molecular formula is C20H22ClN3O4S. The van der Waals surface area contributed by atoms with Gasteiger partial charge in [0.1, 0.15) is 0 Å². The Morgan fingerprint density at radius 1 is 0.966 bits per heavy atom. The Morgan fingerprint density at radius 2 is 1.69 bits per heavy atom. The van der Waals surface area contributed by atoms with Crippen LogP contribution in [0.15, 0.2) is 53.4 Å². The van der Waals surface area contributed by atoms with Crippen LogP contribution >= 0.6 is 11.6 Å². The average molecular weight is 436 g/mol. The molecule has 29 heavy (non-hydrogen) atoms. The third-order valence-corrected chi connectivity index (χ3v) is 6.94. The molecule has 2 aromatic carbocycles. The summed E-state index contributed by atoms with van der Waals surface area (Å²) in [6.45, 7) is 0.966. The lowest BCUT2D eigenvalue weighted by atomic mass is 10.1. The smallest absolute Gasteiger partial charge is 0.269 e. The number of nitrogens with one attached hydrogen (secondary N) is 2. The van der Waals surface area contributed by atoms with Crippen molar-refractivity contribution >= 4 is 33.4 Å². The summed E-state index contributed by atoms with van der Waals surface area (Å²) in [5.41, 5.74) is 5.40. The van der Waals surface area contributed by atoms with Gasteiger partial charge in [0.2, 0.25) is 15.9 Å². The van der Waals surface area contributed by atoms with Gasteiger partial charge < -0.3 is 0 Å². The van der Waals surface area contributed by atoms with Crippen LogP contribution in [0.25, 0.3) is 0 Å². The van der Waals surface area contributed by atoms with E-state index in [0.717, 1.165) is 19.3 Å².